The van der Waals surface area contributed by atoms with Crippen molar-refractivity contribution in [1.29, 1.82) is 0 Å². The SMILES string of the molecule is CCNC(=NCC(=O)NCCOC)NCCC(c1ccccc1)c1ccccc1.I. The Hall–Kier alpha value is -2.13. The van der Waals surface area contributed by atoms with E-state index in [2.05, 4.69) is 69.5 Å². The molecular weight excluding hydrogens is 491 g/mol. The van der Waals surface area contributed by atoms with Gasteiger partial charge in [-0.1, -0.05) is 60.7 Å². The van der Waals surface area contributed by atoms with Crippen LogP contribution in [0.15, 0.2) is 65.7 Å². The monoisotopic (exact) mass is 524 g/mol. The third kappa shape index (κ3) is 9.58. The summed E-state index contributed by atoms with van der Waals surface area (Å²) in [7, 11) is 1.61. The van der Waals surface area contributed by atoms with Crippen molar-refractivity contribution in [3.8, 4) is 0 Å². The summed E-state index contributed by atoms with van der Waals surface area (Å²) in [6, 6.07) is 21.1. The normalized spacial score (nSPS) is 11.0. The number of guanidine groups is 1. The zero-order valence-electron chi connectivity index (χ0n) is 17.8. The molecule has 30 heavy (non-hydrogen) atoms. The molecule has 0 spiro atoms. The Morgan fingerprint density at radius 1 is 0.933 bits per heavy atom. The number of carbonyl (C=O) groups excluding carboxylic acids is 1. The van der Waals surface area contributed by atoms with Gasteiger partial charge >= 0.3 is 0 Å². The van der Waals surface area contributed by atoms with Crippen LogP contribution in [0.2, 0.25) is 0 Å². The minimum Gasteiger partial charge on any atom is -0.383 e. The van der Waals surface area contributed by atoms with Gasteiger partial charge in [0.05, 0.1) is 6.61 Å². The highest BCUT2D eigenvalue weighted by Crippen LogP contribution is 2.27. The molecule has 2 aromatic carbocycles. The largest absolute Gasteiger partial charge is 0.383 e. The number of amides is 1. The van der Waals surface area contributed by atoms with Gasteiger partial charge in [0, 0.05) is 32.7 Å². The number of benzene rings is 2. The van der Waals surface area contributed by atoms with Crippen LogP contribution in [-0.2, 0) is 9.53 Å². The van der Waals surface area contributed by atoms with Gasteiger partial charge in [0.2, 0.25) is 5.91 Å². The van der Waals surface area contributed by atoms with E-state index in [4.69, 9.17) is 4.74 Å². The van der Waals surface area contributed by atoms with Crippen LogP contribution in [0.3, 0.4) is 0 Å². The van der Waals surface area contributed by atoms with Gasteiger partial charge in [0.15, 0.2) is 5.96 Å². The Balaban J connectivity index is 0.00000450. The first kappa shape index (κ1) is 25.9. The number of hydrogen-bond acceptors (Lipinski definition) is 3. The Kier molecular flexibility index (Phi) is 13.5. The molecule has 0 heterocycles. The minimum absolute atomic E-state index is 0. The fraction of sp³-hybridized carbons (Fsp3) is 0.391. The van der Waals surface area contributed by atoms with Crippen LogP contribution in [0.25, 0.3) is 0 Å². The Morgan fingerprint density at radius 3 is 2.07 bits per heavy atom. The molecular formula is C23H33IN4O2. The van der Waals surface area contributed by atoms with Crippen molar-refractivity contribution in [3.63, 3.8) is 0 Å². The topological polar surface area (TPSA) is 74.8 Å². The molecule has 6 nitrogen and oxygen atoms in total. The van der Waals surface area contributed by atoms with Crippen molar-refractivity contribution < 1.29 is 9.53 Å². The third-order valence-corrected chi connectivity index (χ3v) is 4.48. The maximum Gasteiger partial charge on any atom is 0.241 e. The Morgan fingerprint density at radius 2 is 1.53 bits per heavy atom. The van der Waals surface area contributed by atoms with E-state index in [1.165, 1.54) is 11.1 Å². The molecule has 0 fully saturated rings. The lowest BCUT2D eigenvalue weighted by atomic mass is 9.88. The van der Waals surface area contributed by atoms with Crippen LogP contribution in [0.4, 0.5) is 0 Å². The van der Waals surface area contributed by atoms with Crippen molar-refractivity contribution >= 4 is 35.8 Å². The van der Waals surface area contributed by atoms with E-state index >= 15 is 0 Å². The zero-order chi connectivity index (χ0) is 20.7. The molecule has 0 aromatic heterocycles. The summed E-state index contributed by atoms with van der Waals surface area (Å²) in [6.07, 6.45) is 0.915. The zero-order valence-corrected chi connectivity index (χ0v) is 20.1. The summed E-state index contributed by atoms with van der Waals surface area (Å²) >= 11 is 0. The van der Waals surface area contributed by atoms with Crippen molar-refractivity contribution in [2.45, 2.75) is 19.3 Å². The van der Waals surface area contributed by atoms with Crippen LogP contribution in [0, 0.1) is 0 Å². The number of ether oxygens (including phenoxy) is 1. The predicted octanol–water partition coefficient (Wildman–Crippen LogP) is 3.14. The number of nitrogens with one attached hydrogen (secondary N) is 3. The lowest BCUT2D eigenvalue weighted by Gasteiger charge is -2.19. The van der Waals surface area contributed by atoms with Gasteiger partial charge in [-0.05, 0) is 24.5 Å². The molecule has 0 saturated carbocycles. The van der Waals surface area contributed by atoms with Crippen molar-refractivity contribution in [1.82, 2.24) is 16.0 Å². The van der Waals surface area contributed by atoms with Crippen LogP contribution in [-0.4, -0.2) is 51.8 Å². The maximum atomic E-state index is 11.8. The highest BCUT2D eigenvalue weighted by molar-refractivity contribution is 14.0. The van der Waals surface area contributed by atoms with Crippen molar-refractivity contribution in [2.75, 3.05) is 39.9 Å². The summed E-state index contributed by atoms with van der Waals surface area (Å²) in [4.78, 5) is 16.2. The third-order valence-electron chi connectivity index (χ3n) is 4.48. The van der Waals surface area contributed by atoms with Gasteiger partial charge in [0.25, 0.3) is 0 Å². The molecule has 0 unspecified atom stereocenters. The smallest absolute Gasteiger partial charge is 0.241 e. The van der Waals surface area contributed by atoms with Gasteiger partial charge in [-0.2, -0.15) is 0 Å². The quantitative estimate of drug-likeness (QED) is 0.183. The number of carbonyl (C=O) groups is 1. The van der Waals surface area contributed by atoms with E-state index < -0.39 is 0 Å². The summed E-state index contributed by atoms with van der Waals surface area (Å²) in [5.74, 6) is 0.824. The number of aliphatic imine (C=N–C) groups is 1. The van der Waals surface area contributed by atoms with Crippen LogP contribution < -0.4 is 16.0 Å². The van der Waals surface area contributed by atoms with E-state index in [9.17, 15) is 4.79 Å². The summed E-state index contributed by atoms with van der Waals surface area (Å²) in [6.45, 7) is 4.55. The molecule has 0 aliphatic heterocycles. The molecule has 2 rings (SSSR count). The minimum atomic E-state index is -0.120. The lowest BCUT2D eigenvalue weighted by Crippen LogP contribution is -2.39. The number of rotatable bonds is 11. The molecule has 0 saturated heterocycles. The molecule has 0 aliphatic rings. The molecule has 1 amide bonds. The van der Waals surface area contributed by atoms with Gasteiger partial charge in [-0.3, -0.25) is 4.79 Å². The fourth-order valence-electron chi connectivity index (χ4n) is 3.07. The lowest BCUT2D eigenvalue weighted by molar-refractivity contribution is -0.119. The van der Waals surface area contributed by atoms with E-state index in [1.54, 1.807) is 7.11 Å². The second-order valence-electron chi connectivity index (χ2n) is 6.63. The van der Waals surface area contributed by atoms with Crippen LogP contribution in [0.5, 0.6) is 0 Å². The molecule has 0 radical (unpaired) electrons. The first-order valence-corrected chi connectivity index (χ1v) is 10.1. The molecule has 7 heteroatoms. The molecule has 0 bridgehead atoms. The molecule has 2 aromatic rings. The number of halogens is 1. The van der Waals surface area contributed by atoms with Crippen molar-refractivity contribution in [3.05, 3.63) is 71.8 Å². The molecule has 3 N–H and O–H groups in total. The van der Waals surface area contributed by atoms with Crippen LogP contribution in [0.1, 0.15) is 30.4 Å². The first-order chi connectivity index (χ1) is 14.2. The van der Waals surface area contributed by atoms with E-state index in [0.29, 0.717) is 25.0 Å². The molecule has 0 atom stereocenters. The van der Waals surface area contributed by atoms with E-state index in [0.717, 1.165) is 19.5 Å². The Labute approximate surface area is 196 Å². The highest BCUT2D eigenvalue weighted by Gasteiger charge is 2.13. The average molecular weight is 524 g/mol. The number of methoxy groups -OCH3 is 1. The van der Waals surface area contributed by atoms with Gasteiger partial charge < -0.3 is 20.7 Å². The second-order valence-corrected chi connectivity index (χ2v) is 6.63. The average Bonchev–Trinajstić information content (AvgIpc) is 2.76. The summed E-state index contributed by atoms with van der Waals surface area (Å²) in [5.41, 5.74) is 2.58. The number of nitrogens with zero attached hydrogens (tertiary/aromatic N) is 1. The number of hydrogen-bond donors (Lipinski definition) is 3. The summed E-state index contributed by atoms with van der Waals surface area (Å²) in [5, 5.41) is 9.31. The highest BCUT2D eigenvalue weighted by atomic mass is 127. The summed E-state index contributed by atoms with van der Waals surface area (Å²) < 4.78 is 4.93. The van der Waals surface area contributed by atoms with Gasteiger partial charge in [0.1, 0.15) is 6.54 Å². The van der Waals surface area contributed by atoms with E-state index in [-0.39, 0.29) is 36.4 Å². The fourth-order valence-corrected chi connectivity index (χ4v) is 3.07. The predicted molar refractivity (Wildman–Crippen MR) is 134 cm³/mol. The van der Waals surface area contributed by atoms with Crippen LogP contribution >= 0.6 is 24.0 Å². The molecule has 164 valence electrons. The standard InChI is InChI=1S/C23H32N4O2.HI/c1-3-24-23(27-18-22(28)25-16-17-29-2)26-15-14-21(19-10-6-4-7-11-19)20-12-8-5-9-13-20;/h4-13,21H,3,14-18H2,1-2H3,(H,25,28)(H2,24,26,27);1H. The van der Waals surface area contributed by atoms with E-state index in [1.807, 2.05) is 19.1 Å². The van der Waals surface area contributed by atoms with Gasteiger partial charge in [-0.25, -0.2) is 4.99 Å². The second kappa shape index (κ2) is 15.7. The Bertz CT molecular complexity index is 702. The molecule has 0 aliphatic carbocycles. The first-order valence-electron chi connectivity index (χ1n) is 10.1. The maximum absolute atomic E-state index is 11.8. The van der Waals surface area contributed by atoms with Crippen molar-refractivity contribution in [2.24, 2.45) is 4.99 Å². The van der Waals surface area contributed by atoms with Gasteiger partial charge in [-0.15, -0.1) is 24.0 Å².